The van der Waals surface area contributed by atoms with E-state index in [4.69, 9.17) is 0 Å². The fourth-order valence-corrected chi connectivity index (χ4v) is 2.33. The minimum absolute atomic E-state index is 0.264. The Morgan fingerprint density at radius 3 is 2.81 bits per heavy atom. The van der Waals surface area contributed by atoms with E-state index in [1.807, 2.05) is 18.3 Å². The summed E-state index contributed by atoms with van der Waals surface area (Å²) in [5, 5.41) is 11.9. The van der Waals surface area contributed by atoms with Crippen molar-refractivity contribution in [3.05, 3.63) is 36.3 Å². The Labute approximate surface area is 122 Å². The number of aromatic nitrogens is 3. The van der Waals surface area contributed by atoms with E-state index in [0.29, 0.717) is 12.2 Å². The molecule has 0 spiro atoms. The van der Waals surface area contributed by atoms with Gasteiger partial charge in [0.05, 0.1) is 11.9 Å². The lowest BCUT2D eigenvalue weighted by molar-refractivity contribution is 0.251. The van der Waals surface area contributed by atoms with Crippen LogP contribution in [0.4, 0.5) is 16.3 Å². The van der Waals surface area contributed by atoms with Gasteiger partial charge in [-0.25, -0.2) is 9.78 Å². The molecule has 7 nitrogen and oxygen atoms in total. The number of nitrogens with one attached hydrogen (secondary N) is 3. The second-order valence-corrected chi connectivity index (χ2v) is 5.01. The molecule has 0 aromatic carbocycles. The molecule has 2 aromatic heterocycles. The number of aromatic amines is 1. The maximum Gasteiger partial charge on any atom is 0.319 e. The van der Waals surface area contributed by atoms with Crippen LogP contribution in [0.15, 0.2) is 30.7 Å². The Bertz CT molecular complexity index is 574. The van der Waals surface area contributed by atoms with Gasteiger partial charge in [0.15, 0.2) is 0 Å². The number of hydrogen-bond acceptors (Lipinski definition) is 4. The van der Waals surface area contributed by atoms with Crippen molar-refractivity contribution in [3.8, 4) is 0 Å². The zero-order chi connectivity index (χ0) is 14.5. The van der Waals surface area contributed by atoms with Crippen molar-refractivity contribution >= 4 is 17.5 Å². The zero-order valence-corrected chi connectivity index (χ0v) is 11.7. The summed E-state index contributed by atoms with van der Waals surface area (Å²) in [6, 6.07) is 3.75. The van der Waals surface area contributed by atoms with E-state index in [2.05, 4.69) is 30.7 Å². The number of carbonyl (C=O) groups excluding carboxylic acids is 1. The van der Waals surface area contributed by atoms with Crippen molar-refractivity contribution in [1.82, 2.24) is 20.5 Å². The summed E-state index contributed by atoms with van der Waals surface area (Å²) in [4.78, 5) is 18.4. The first-order valence-corrected chi connectivity index (χ1v) is 7.05. The molecule has 0 unspecified atom stereocenters. The number of hydrogen-bond donors (Lipinski definition) is 3. The SMILES string of the molecule is O=C(NCc1ccc(N2CCCC2)nc1)Nc1cn[nH]c1. The molecule has 1 saturated heterocycles. The first kappa shape index (κ1) is 13.4. The lowest BCUT2D eigenvalue weighted by Crippen LogP contribution is -2.28. The van der Waals surface area contributed by atoms with Crippen LogP contribution in [-0.2, 0) is 6.54 Å². The number of pyridine rings is 1. The maximum atomic E-state index is 11.7. The van der Waals surface area contributed by atoms with E-state index in [1.165, 1.54) is 12.8 Å². The van der Waals surface area contributed by atoms with Gasteiger partial charge in [0.2, 0.25) is 0 Å². The monoisotopic (exact) mass is 286 g/mol. The zero-order valence-electron chi connectivity index (χ0n) is 11.7. The van der Waals surface area contributed by atoms with Crippen molar-refractivity contribution in [2.24, 2.45) is 0 Å². The van der Waals surface area contributed by atoms with E-state index in [9.17, 15) is 4.79 Å². The summed E-state index contributed by atoms with van der Waals surface area (Å²) in [7, 11) is 0. The molecule has 2 aromatic rings. The van der Waals surface area contributed by atoms with Gasteiger partial charge < -0.3 is 15.5 Å². The Balaban J connectivity index is 1.49. The second-order valence-electron chi connectivity index (χ2n) is 5.01. The van der Waals surface area contributed by atoms with Gasteiger partial charge >= 0.3 is 6.03 Å². The van der Waals surface area contributed by atoms with Crippen LogP contribution in [0.25, 0.3) is 0 Å². The molecule has 3 heterocycles. The molecular formula is C14H18N6O. The van der Waals surface area contributed by atoms with Crippen molar-refractivity contribution in [2.45, 2.75) is 19.4 Å². The number of carbonyl (C=O) groups is 1. The molecule has 0 aliphatic carbocycles. The second kappa shape index (κ2) is 6.25. The minimum Gasteiger partial charge on any atom is -0.357 e. The Kier molecular flexibility index (Phi) is 3.99. The first-order chi connectivity index (χ1) is 10.3. The lowest BCUT2D eigenvalue weighted by Gasteiger charge is -2.16. The van der Waals surface area contributed by atoms with Crippen molar-refractivity contribution in [2.75, 3.05) is 23.3 Å². The summed E-state index contributed by atoms with van der Waals surface area (Å²) in [5.74, 6) is 1.01. The van der Waals surface area contributed by atoms with Gasteiger partial charge in [-0.3, -0.25) is 5.10 Å². The molecule has 0 bridgehead atoms. The highest BCUT2D eigenvalue weighted by atomic mass is 16.2. The van der Waals surface area contributed by atoms with Gasteiger partial charge in [-0.05, 0) is 24.5 Å². The van der Waals surface area contributed by atoms with Crippen molar-refractivity contribution < 1.29 is 4.79 Å². The third-order valence-corrected chi connectivity index (χ3v) is 3.45. The molecule has 21 heavy (non-hydrogen) atoms. The Morgan fingerprint density at radius 2 is 2.14 bits per heavy atom. The predicted octanol–water partition coefficient (Wildman–Crippen LogP) is 1.73. The number of urea groups is 1. The van der Waals surface area contributed by atoms with Crippen LogP contribution >= 0.6 is 0 Å². The molecule has 3 rings (SSSR count). The minimum atomic E-state index is -0.264. The Morgan fingerprint density at radius 1 is 1.29 bits per heavy atom. The molecule has 1 aliphatic heterocycles. The van der Waals surface area contributed by atoms with Crippen LogP contribution < -0.4 is 15.5 Å². The predicted molar refractivity (Wildman–Crippen MR) is 80.1 cm³/mol. The highest BCUT2D eigenvalue weighted by Gasteiger charge is 2.13. The highest BCUT2D eigenvalue weighted by Crippen LogP contribution is 2.17. The molecule has 7 heteroatoms. The summed E-state index contributed by atoms with van der Waals surface area (Å²) in [6.45, 7) is 2.60. The van der Waals surface area contributed by atoms with E-state index < -0.39 is 0 Å². The maximum absolute atomic E-state index is 11.7. The standard InChI is InChI=1S/C14H18N6O/c21-14(19-12-9-17-18-10-12)16-8-11-3-4-13(15-7-11)20-5-1-2-6-20/h3-4,7,9-10H,1-2,5-6,8H2,(H,17,18)(H2,16,19,21). The molecule has 110 valence electrons. The van der Waals surface area contributed by atoms with Crippen LogP contribution in [0.2, 0.25) is 0 Å². The third-order valence-electron chi connectivity index (χ3n) is 3.45. The van der Waals surface area contributed by atoms with E-state index in [1.54, 1.807) is 12.4 Å². The highest BCUT2D eigenvalue weighted by molar-refractivity contribution is 5.88. The molecule has 3 N–H and O–H groups in total. The topological polar surface area (TPSA) is 85.9 Å². The quantitative estimate of drug-likeness (QED) is 0.799. The first-order valence-electron chi connectivity index (χ1n) is 7.05. The number of rotatable bonds is 4. The van der Waals surface area contributed by atoms with Crippen molar-refractivity contribution in [3.63, 3.8) is 0 Å². The molecule has 1 fully saturated rings. The largest absolute Gasteiger partial charge is 0.357 e. The van der Waals surface area contributed by atoms with E-state index in [-0.39, 0.29) is 6.03 Å². The van der Waals surface area contributed by atoms with Crippen molar-refractivity contribution in [1.29, 1.82) is 0 Å². The number of amides is 2. The van der Waals surface area contributed by atoms with Crippen LogP contribution in [0.3, 0.4) is 0 Å². The van der Waals surface area contributed by atoms with E-state index >= 15 is 0 Å². The van der Waals surface area contributed by atoms with Crippen LogP contribution in [0.1, 0.15) is 18.4 Å². The molecule has 0 radical (unpaired) electrons. The summed E-state index contributed by atoms with van der Waals surface area (Å²) in [5.41, 5.74) is 1.61. The van der Waals surface area contributed by atoms with Gasteiger partial charge in [-0.1, -0.05) is 6.07 Å². The Hall–Kier alpha value is -2.57. The average molecular weight is 286 g/mol. The normalized spacial score (nSPS) is 14.2. The molecule has 0 saturated carbocycles. The summed E-state index contributed by atoms with van der Waals surface area (Å²) >= 11 is 0. The fraction of sp³-hybridized carbons (Fsp3) is 0.357. The summed E-state index contributed by atoms with van der Waals surface area (Å²) < 4.78 is 0. The van der Waals surface area contributed by atoms with Gasteiger partial charge in [0, 0.05) is 32.0 Å². The molecule has 0 atom stereocenters. The fourth-order valence-electron chi connectivity index (χ4n) is 2.33. The molecular weight excluding hydrogens is 268 g/mol. The molecule has 1 aliphatic rings. The van der Waals surface area contributed by atoms with Gasteiger partial charge in [-0.15, -0.1) is 0 Å². The average Bonchev–Trinajstić information content (AvgIpc) is 3.19. The smallest absolute Gasteiger partial charge is 0.319 e. The van der Waals surface area contributed by atoms with Gasteiger partial charge in [0.1, 0.15) is 5.82 Å². The van der Waals surface area contributed by atoms with Gasteiger partial charge in [-0.2, -0.15) is 5.10 Å². The number of anilines is 2. The van der Waals surface area contributed by atoms with Crippen LogP contribution in [0, 0.1) is 0 Å². The van der Waals surface area contributed by atoms with Crippen LogP contribution in [0.5, 0.6) is 0 Å². The number of nitrogens with zero attached hydrogens (tertiary/aromatic N) is 3. The summed E-state index contributed by atoms with van der Waals surface area (Å²) in [6.07, 6.45) is 7.45. The lowest BCUT2D eigenvalue weighted by atomic mass is 10.3. The van der Waals surface area contributed by atoms with Crippen LogP contribution in [-0.4, -0.2) is 34.3 Å². The van der Waals surface area contributed by atoms with Gasteiger partial charge in [0.25, 0.3) is 0 Å². The number of H-pyrrole nitrogens is 1. The molecule has 2 amide bonds. The van der Waals surface area contributed by atoms with E-state index in [0.717, 1.165) is 24.5 Å². The third kappa shape index (κ3) is 3.50.